The Hall–Kier alpha value is -1.98. The predicted octanol–water partition coefficient (Wildman–Crippen LogP) is 3.36. The number of hydrogen-bond donors (Lipinski definition) is 1. The van der Waals surface area contributed by atoms with Gasteiger partial charge in [-0.25, -0.2) is 0 Å². The van der Waals surface area contributed by atoms with Crippen LogP contribution in [0.2, 0.25) is 0 Å². The third-order valence-electron chi connectivity index (χ3n) is 4.97. The number of benzene rings is 1. The molecule has 1 fully saturated rings. The van der Waals surface area contributed by atoms with E-state index in [0.717, 1.165) is 31.1 Å². The zero-order valence-corrected chi connectivity index (χ0v) is 15.2. The topological polar surface area (TPSA) is 50.3 Å². The molecule has 0 amide bonds. The average Bonchev–Trinajstić information content (AvgIpc) is 2.70. The van der Waals surface area contributed by atoms with Gasteiger partial charge in [-0.2, -0.15) is 0 Å². The van der Waals surface area contributed by atoms with Crippen molar-refractivity contribution in [2.24, 2.45) is 0 Å². The van der Waals surface area contributed by atoms with Crippen molar-refractivity contribution in [3.8, 4) is 5.75 Å². The van der Waals surface area contributed by atoms with Gasteiger partial charge in [-0.3, -0.25) is 14.9 Å². The molecule has 2 aromatic rings. The van der Waals surface area contributed by atoms with Crippen molar-refractivity contribution in [3.63, 3.8) is 0 Å². The van der Waals surface area contributed by atoms with Crippen LogP contribution in [0.25, 0.3) is 0 Å². The number of rotatable bonds is 7. The smallest absolute Gasteiger partial charge is 0.123 e. The molecule has 134 valence electrons. The highest BCUT2D eigenvalue weighted by atomic mass is 16.5. The number of likely N-dealkylation sites (tertiary alicyclic amines) is 1. The largest absolute Gasteiger partial charge is 0.496 e. The second-order valence-electron chi connectivity index (χ2n) is 6.61. The van der Waals surface area contributed by atoms with Gasteiger partial charge in [0.15, 0.2) is 0 Å². The summed E-state index contributed by atoms with van der Waals surface area (Å²) in [5.41, 5.74) is 2.23. The van der Waals surface area contributed by atoms with Crippen LogP contribution < -0.4 is 10.1 Å². The Kier molecular flexibility index (Phi) is 6.36. The van der Waals surface area contributed by atoms with Crippen molar-refractivity contribution in [2.45, 2.75) is 38.3 Å². The minimum absolute atomic E-state index is 0.163. The van der Waals surface area contributed by atoms with Crippen molar-refractivity contribution in [2.75, 3.05) is 26.7 Å². The summed E-state index contributed by atoms with van der Waals surface area (Å²) in [6.45, 7) is 5.28. The number of para-hydroxylation sites is 1. The highest BCUT2D eigenvalue weighted by Crippen LogP contribution is 2.31. The average molecular weight is 340 g/mol. The fourth-order valence-electron chi connectivity index (χ4n) is 3.53. The van der Waals surface area contributed by atoms with Gasteiger partial charge in [0.1, 0.15) is 5.75 Å². The Bertz CT molecular complexity index is 643. The van der Waals surface area contributed by atoms with Crippen LogP contribution in [0.5, 0.6) is 5.75 Å². The van der Waals surface area contributed by atoms with E-state index >= 15 is 0 Å². The molecular formula is C20H28N4O. The number of hydrogen-bond acceptors (Lipinski definition) is 5. The van der Waals surface area contributed by atoms with E-state index in [1.807, 2.05) is 12.3 Å². The zero-order valence-electron chi connectivity index (χ0n) is 15.2. The quantitative estimate of drug-likeness (QED) is 0.837. The van der Waals surface area contributed by atoms with Gasteiger partial charge < -0.3 is 10.1 Å². The zero-order chi connectivity index (χ0) is 17.5. The highest BCUT2D eigenvalue weighted by Gasteiger charge is 2.25. The molecular weight excluding hydrogens is 312 g/mol. The van der Waals surface area contributed by atoms with Gasteiger partial charge >= 0.3 is 0 Å². The maximum atomic E-state index is 5.63. The molecule has 25 heavy (non-hydrogen) atoms. The molecule has 0 unspecified atom stereocenters. The molecule has 0 spiro atoms. The lowest BCUT2D eigenvalue weighted by Crippen LogP contribution is -2.40. The monoisotopic (exact) mass is 340 g/mol. The van der Waals surface area contributed by atoms with E-state index in [0.29, 0.717) is 6.04 Å². The standard InChI is InChI=1S/C20H28N4O/c1-16(18-14-21-10-11-22-18)23-15-19(24-12-6-3-7-13-24)17-8-4-5-9-20(17)25-2/h4-5,8-11,14,16,19,23H,3,6-7,12-13,15H2,1-2H3/t16-,19+/m0/s1. The van der Waals surface area contributed by atoms with E-state index in [1.54, 1.807) is 19.5 Å². The molecule has 0 radical (unpaired) electrons. The molecule has 0 aliphatic carbocycles. The number of aromatic nitrogens is 2. The minimum atomic E-state index is 0.163. The Morgan fingerprint density at radius 2 is 1.96 bits per heavy atom. The molecule has 1 aromatic heterocycles. The van der Waals surface area contributed by atoms with E-state index in [1.165, 1.54) is 24.8 Å². The van der Waals surface area contributed by atoms with Gasteiger partial charge in [-0.15, -0.1) is 0 Å². The fraction of sp³-hybridized carbons (Fsp3) is 0.500. The second-order valence-corrected chi connectivity index (χ2v) is 6.61. The van der Waals surface area contributed by atoms with Crippen LogP contribution >= 0.6 is 0 Å². The highest BCUT2D eigenvalue weighted by molar-refractivity contribution is 5.36. The molecule has 2 heterocycles. The van der Waals surface area contributed by atoms with Gasteiger partial charge in [0.25, 0.3) is 0 Å². The Morgan fingerprint density at radius 1 is 1.16 bits per heavy atom. The SMILES string of the molecule is COc1ccccc1[C@@H](CN[C@@H](C)c1cnccn1)N1CCCCC1. The predicted molar refractivity (Wildman–Crippen MR) is 99.6 cm³/mol. The summed E-state index contributed by atoms with van der Waals surface area (Å²) < 4.78 is 5.63. The molecule has 1 aromatic carbocycles. The van der Waals surface area contributed by atoms with E-state index in [4.69, 9.17) is 4.74 Å². The van der Waals surface area contributed by atoms with Crippen LogP contribution in [-0.2, 0) is 0 Å². The lowest BCUT2D eigenvalue weighted by molar-refractivity contribution is 0.155. The normalized spacial score (nSPS) is 17.8. The van der Waals surface area contributed by atoms with Gasteiger partial charge in [-0.05, 0) is 38.9 Å². The van der Waals surface area contributed by atoms with E-state index in [2.05, 4.69) is 45.3 Å². The molecule has 0 saturated carbocycles. The summed E-state index contributed by atoms with van der Waals surface area (Å²) in [4.78, 5) is 11.2. The van der Waals surface area contributed by atoms with E-state index in [9.17, 15) is 0 Å². The third kappa shape index (κ3) is 4.55. The Labute approximate surface area is 150 Å². The lowest BCUT2D eigenvalue weighted by atomic mass is 10.00. The molecule has 0 bridgehead atoms. The van der Waals surface area contributed by atoms with Gasteiger partial charge in [0, 0.05) is 36.7 Å². The van der Waals surface area contributed by atoms with Crippen LogP contribution in [-0.4, -0.2) is 41.6 Å². The van der Waals surface area contributed by atoms with Crippen molar-refractivity contribution in [3.05, 3.63) is 54.1 Å². The van der Waals surface area contributed by atoms with Crippen LogP contribution in [0.1, 0.15) is 49.5 Å². The molecule has 1 aliphatic heterocycles. The molecule has 5 nitrogen and oxygen atoms in total. The fourth-order valence-corrected chi connectivity index (χ4v) is 3.53. The molecule has 5 heteroatoms. The maximum absolute atomic E-state index is 5.63. The van der Waals surface area contributed by atoms with Crippen molar-refractivity contribution in [1.82, 2.24) is 20.2 Å². The van der Waals surface area contributed by atoms with Gasteiger partial charge in [-0.1, -0.05) is 24.6 Å². The Balaban J connectivity index is 1.76. The lowest BCUT2D eigenvalue weighted by Gasteiger charge is -2.36. The van der Waals surface area contributed by atoms with E-state index < -0.39 is 0 Å². The van der Waals surface area contributed by atoms with Crippen LogP contribution in [0.3, 0.4) is 0 Å². The van der Waals surface area contributed by atoms with Gasteiger partial charge in [0.05, 0.1) is 18.8 Å². The number of ether oxygens (including phenoxy) is 1. The van der Waals surface area contributed by atoms with Crippen LogP contribution in [0, 0.1) is 0 Å². The summed E-state index contributed by atoms with van der Waals surface area (Å²) in [5, 5.41) is 3.65. The summed E-state index contributed by atoms with van der Waals surface area (Å²) in [5.74, 6) is 0.965. The first-order chi connectivity index (χ1) is 12.3. The summed E-state index contributed by atoms with van der Waals surface area (Å²) in [6, 6.07) is 8.84. The first-order valence-corrected chi connectivity index (χ1v) is 9.16. The van der Waals surface area contributed by atoms with Crippen LogP contribution in [0.4, 0.5) is 0 Å². The molecule has 3 rings (SSSR count). The molecule has 2 atom stereocenters. The Morgan fingerprint density at radius 3 is 2.68 bits per heavy atom. The first kappa shape index (κ1) is 17.8. The number of nitrogens with one attached hydrogen (secondary N) is 1. The maximum Gasteiger partial charge on any atom is 0.123 e. The molecule has 1 saturated heterocycles. The van der Waals surface area contributed by atoms with Crippen molar-refractivity contribution >= 4 is 0 Å². The second kappa shape index (κ2) is 8.92. The first-order valence-electron chi connectivity index (χ1n) is 9.16. The number of piperidine rings is 1. The van der Waals surface area contributed by atoms with Gasteiger partial charge in [0.2, 0.25) is 0 Å². The number of nitrogens with zero attached hydrogens (tertiary/aromatic N) is 3. The minimum Gasteiger partial charge on any atom is -0.496 e. The third-order valence-corrected chi connectivity index (χ3v) is 4.97. The summed E-state index contributed by atoms with van der Waals surface area (Å²) >= 11 is 0. The van der Waals surface area contributed by atoms with Crippen molar-refractivity contribution in [1.29, 1.82) is 0 Å². The number of methoxy groups -OCH3 is 1. The summed E-state index contributed by atoms with van der Waals surface area (Å²) in [6.07, 6.45) is 9.16. The molecule has 1 N–H and O–H groups in total. The van der Waals surface area contributed by atoms with Crippen molar-refractivity contribution < 1.29 is 4.74 Å². The summed E-state index contributed by atoms with van der Waals surface area (Å²) in [7, 11) is 1.75. The molecule has 1 aliphatic rings. The van der Waals surface area contributed by atoms with E-state index in [-0.39, 0.29) is 6.04 Å². The van der Waals surface area contributed by atoms with Crippen LogP contribution in [0.15, 0.2) is 42.9 Å².